The number of phenols is 1. The molecule has 0 radical (unpaired) electrons. The maximum absolute atomic E-state index is 9.48. The van der Waals surface area contributed by atoms with Crippen LogP contribution >= 0.6 is 23.2 Å². The molecule has 6 heteroatoms. The second-order valence-corrected chi connectivity index (χ2v) is 4.83. The van der Waals surface area contributed by atoms with E-state index in [1.165, 1.54) is 0 Å². The first-order chi connectivity index (χ1) is 8.58. The number of nitrogens with one attached hydrogen (secondary N) is 1. The van der Waals surface area contributed by atoms with Crippen LogP contribution in [-0.2, 0) is 4.74 Å². The van der Waals surface area contributed by atoms with Gasteiger partial charge < -0.3 is 20.9 Å². The zero-order valence-electron chi connectivity index (χ0n) is 10.2. The number of methoxy groups -OCH3 is 1. The minimum atomic E-state index is -0.103. The Labute approximate surface area is 117 Å². The lowest BCUT2D eigenvalue weighted by Crippen LogP contribution is -2.25. The number of phenolic OH excluding ortho intramolecular Hbond substituents is 1. The Morgan fingerprint density at radius 3 is 2.50 bits per heavy atom. The van der Waals surface area contributed by atoms with Crippen molar-refractivity contribution in [2.45, 2.75) is 18.9 Å². The molecule has 0 spiro atoms. The van der Waals surface area contributed by atoms with E-state index >= 15 is 0 Å². The predicted molar refractivity (Wildman–Crippen MR) is 75.7 cm³/mol. The molecule has 0 saturated carbocycles. The molecule has 1 rings (SSSR count). The molecule has 102 valence electrons. The third-order valence-electron chi connectivity index (χ3n) is 2.51. The van der Waals surface area contributed by atoms with Crippen molar-refractivity contribution < 1.29 is 9.84 Å². The summed E-state index contributed by atoms with van der Waals surface area (Å²) in [6.07, 6.45) is 1.79. The largest absolute Gasteiger partial charge is 0.505 e. The zero-order chi connectivity index (χ0) is 13.5. The molecule has 0 aliphatic carbocycles. The number of anilines is 1. The topological polar surface area (TPSA) is 67.5 Å². The molecule has 1 atom stereocenters. The SMILES string of the molecule is COCC(CCCN)Nc1cc(Cl)c(O)c(Cl)c1. The van der Waals surface area contributed by atoms with Gasteiger partial charge >= 0.3 is 0 Å². The molecule has 0 aromatic heterocycles. The monoisotopic (exact) mass is 292 g/mol. The summed E-state index contributed by atoms with van der Waals surface area (Å²) in [6, 6.07) is 3.40. The van der Waals surface area contributed by atoms with E-state index in [0.717, 1.165) is 18.5 Å². The molecule has 0 bridgehead atoms. The summed E-state index contributed by atoms with van der Waals surface area (Å²) >= 11 is 11.7. The van der Waals surface area contributed by atoms with Crippen LogP contribution in [0.5, 0.6) is 5.75 Å². The van der Waals surface area contributed by atoms with Crippen molar-refractivity contribution in [3.8, 4) is 5.75 Å². The maximum Gasteiger partial charge on any atom is 0.152 e. The van der Waals surface area contributed by atoms with Gasteiger partial charge in [0.05, 0.1) is 16.7 Å². The first-order valence-electron chi connectivity index (χ1n) is 5.72. The van der Waals surface area contributed by atoms with Gasteiger partial charge in [-0.3, -0.25) is 0 Å². The van der Waals surface area contributed by atoms with E-state index in [1.807, 2.05) is 0 Å². The van der Waals surface area contributed by atoms with Crippen molar-refractivity contribution >= 4 is 28.9 Å². The summed E-state index contributed by atoms with van der Waals surface area (Å²) < 4.78 is 5.14. The Morgan fingerprint density at radius 2 is 2.00 bits per heavy atom. The van der Waals surface area contributed by atoms with Crippen molar-refractivity contribution in [1.82, 2.24) is 0 Å². The molecule has 1 unspecified atom stereocenters. The molecule has 0 fully saturated rings. The predicted octanol–water partition coefficient (Wildman–Crippen LogP) is 2.86. The molecule has 0 aliphatic rings. The van der Waals surface area contributed by atoms with Crippen LogP contribution in [0, 0.1) is 0 Å². The van der Waals surface area contributed by atoms with Crippen LogP contribution in [0.25, 0.3) is 0 Å². The van der Waals surface area contributed by atoms with Crippen LogP contribution in [0.3, 0.4) is 0 Å². The summed E-state index contributed by atoms with van der Waals surface area (Å²) in [5.41, 5.74) is 6.24. The van der Waals surface area contributed by atoms with Gasteiger partial charge in [-0.2, -0.15) is 0 Å². The van der Waals surface area contributed by atoms with E-state index < -0.39 is 0 Å². The fourth-order valence-electron chi connectivity index (χ4n) is 1.65. The van der Waals surface area contributed by atoms with Crippen LogP contribution < -0.4 is 11.1 Å². The third-order valence-corrected chi connectivity index (χ3v) is 3.09. The second kappa shape index (κ2) is 7.69. The lowest BCUT2D eigenvalue weighted by Gasteiger charge is -2.19. The molecule has 0 heterocycles. The summed E-state index contributed by atoms with van der Waals surface area (Å²) in [6.45, 7) is 1.20. The summed E-state index contributed by atoms with van der Waals surface area (Å²) in [4.78, 5) is 0. The Kier molecular flexibility index (Phi) is 6.57. The fraction of sp³-hybridized carbons (Fsp3) is 0.500. The van der Waals surface area contributed by atoms with Crippen molar-refractivity contribution in [2.24, 2.45) is 5.73 Å². The normalized spacial score (nSPS) is 12.4. The molecule has 18 heavy (non-hydrogen) atoms. The zero-order valence-corrected chi connectivity index (χ0v) is 11.8. The summed E-state index contributed by atoms with van der Waals surface area (Å²) in [5, 5.41) is 13.2. The molecule has 1 aromatic rings. The van der Waals surface area contributed by atoms with Crippen molar-refractivity contribution in [1.29, 1.82) is 0 Å². The minimum absolute atomic E-state index is 0.103. The van der Waals surface area contributed by atoms with Gasteiger partial charge in [0, 0.05) is 18.8 Å². The molecule has 0 saturated heterocycles. The van der Waals surface area contributed by atoms with E-state index in [9.17, 15) is 5.11 Å². The Balaban J connectivity index is 2.73. The number of hydrogen-bond acceptors (Lipinski definition) is 4. The Morgan fingerprint density at radius 1 is 1.39 bits per heavy atom. The highest BCUT2D eigenvalue weighted by Crippen LogP contribution is 2.34. The standard InChI is InChI=1S/C12H18Cl2N2O2/c1-18-7-8(3-2-4-15)16-9-5-10(13)12(17)11(14)6-9/h5-6,8,16-17H,2-4,7,15H2,1H3. The highest BCUT2D eigenvalue weighted by atomic mass is 35.5. The molecule has 0 aliphatic heterocycles. The second-order valence-electron chi connectivity index (χ2n) is 4.02. The highest BCUT2D eigenvalue weighted by molar-refractivity contribution is 6.37. The average Bonchev–Trinajstić information content (AvgIpc) is 2.33. The molecular formula is C12H18Cl2N2O2. The average molecular weight is 293 g/mol. The van der Waals surface area contributed by atoms with Gasteiger partial charge in [-0.1, -0.05) is 23.2 Å². The summed E-state index contributed by atoms with van der Waals surface area (Å²) in [5.74, 6) is -0.103. The fourth-order valence-corrected chi connectivity index (χ4v) is 2.13. The van der Waals surface area contributed by atoms with Crippen LogP contribution in [0.2, 0.25) is 10.0 Å². The van der Waals surface area contributed by atoms with Gasteiger partial charge in [0.1, 0.15) is 0 Å². The molecule has 1 aromatic carbocycles. The van der Waals surface area contributed by atoms with Crippen molar-refractivity contribution in [2.75, 3.05) is 25.6 Å². The molecular weight excluding hydrogens is 275 g/mol. The van der Waals surface area contributed by atoms with E-state index in [4.69, 9.17) is 33.7 Å². The summed E-state index contributed by atoms with van der Waals surface area (Å²) in [7, 11) is 1.65. The van der Waals surface area contributed by atoms with Gasteiger partial charge in [-0.25, -0.2) is 0 Å². The molecule has 4 N–H and O–H groups in total. The van der Waals surface area contributed by atoms with Gasteiger partial charge in [0.25, 0.3) is 0 Å². The number of hydrogen-bond donors (Lipinski definition) is 3. The van der Waals surface area contributed by atoms with E-state index in [0.29, 0.717) is 13.2 Å². The van der Waals surface area contributed by atoms with E-state index in [1.54, 1.807) is 19.2 Å². The van der Waals surface area contributed by atoms with Gasteiger partial charge in [-0.05, 0) is 31.5 Å². The minimum Gasteiger partial charge on any atom is -0.505 e. The van der Waals surface area contributed by atoms with Crippen molar-refractivity contribution in [3.63, 3.8) is 0 Å². The number of halogens is 2. The molecule has 4 nitrogen and oxygen atoms in total. The van der Waals surface area contributed by atoms with Crippen LogP contribution in [0.4, 0.5) is 5.69 Å². The quantitative estimate of drug-likeness (QED) is 0.676. The number of ether oxygens (including phenoxy) is 1. The van der Waals surface area contributed by atoms with Crippen LogP contribution in [0.15, 0.2) is 12.1 Å². The maximum atomic E-state index is 9.48. The molecule has 0 amide bonds. The van der Waals surface area contributed by atoms with E-state index in [2.05, 4.69) is 5.32 Å². The number of rotatable bonds is 7. The Bertz CT molecular complexity index is 365. The number of aromatic hydroxyl groups is 1. The van der Waals surface area contributed by atoms with Crippen molar-refractivity contribution in [3.05, 3.63) is 22.2 Å². The van der Waals surface area contributed by atoms with Crippen LogP contribution in [0.1, 0.15) is 12.8 Å². The van der Waals surface area contributed by atoms with Gasteiger partial charge in [-0.15, -0.1) is 0 Å². The Hall–Kier alpha value is -0.680. The highest BCUT2D eigenvalue weighted by Gasteiger charge is 2.11. The number of nitrogens with two attached hydrogens (primary N) is 1. The first-order valence-corrected chi connectivity index (χ1v) is 6.47. The van der Waals surface area contributed by atoms with Gasteiger partial charge in [0.15, 0.2) is 5.75 Å². The van der Waals surface area contributed by atoms with E-state index in [-0.39, 0.29) is 21.8 Å². The third kappa shape index (κ3) is 4.53. The number of benzene rings is 1. The smallest absolute Gasteiger partial charge is 0.152 e. The lowest BCUT2D eigenvalue weighted by molar-refractivity contribution is 0.182. The lowest BCUT2D eigenvalue weighted by atomic mass is 10.1. The van der Waals surface area contributed by atoms with Crippen LogP contribution in [-0.4, -0.2) is 31.4 Å². The first kappa shape index (κ1) is 15.4. The van der Waals surface area contributed by atoms with Gasteiger partial charge in [0.2, 0.25) is 0 Å².